The summed E-state index contributed by atoms with van der Waals surface area (Å²) in [6.07, 6.45) is 4.79. The number of allylic oxidation sites excluding steroid dienone is 1. The summed E-state index contributed by atoms with van der Waals surface area (Å²) in [4.78, 5) is 58.8. The first-order valence-corrected chi connectivity index (χ1v) is 20.9. The Kier molecular flexibility index (Phi) is 10.5. The number of nitrogens with zero attached hydrogens (tertiary/aromatic N) is 6. The molecular formula is C36H44N6O7Si. The highest BCUT2D eigenvalue weighted by molar-refractivity contribution is 6.76. The van der Waals surface area contributed by atoms with Gasteiger partial charge in [0.25, 0.3) is 0 Å². The van der Waals surface area contributed by atoms with Gasteiger partial charge >= 0.3 is 17.9 Å². The van der Waals surface area contributed by atoms with Crippen LogP contribution in [0.4, 0.5) is 0 Å². The van der Waals surface area contributed by atoms with E-state index in [0.29, 0.717) is 34.8 Å². The maximum atomic E-state index is 14.2. The van der Waals surface area contributed by atoms with Gasteiger partial charge in [0.2, 0.25) is 11.8 Å². The summed E-state index contributed by atoms with van der Waals surface area (Å²) in [7, 11) is -1.48. The van der Waals surface area contributed by atoms with Crippen molar-refractivity contribution < 1.29 is 33.4 Å². The number of rotatable bonds is 7. The number of amides is 1. The van der Waals surface area contributed by atoms with Crippen LogP contribution < -0.4 is 9.57 Å². The van der Waals surface area contributed by atoms with E-state index in [-0.39, 0.29) is 56.3 Å². The summed E-state index contributed by atoms with van der Waals surface area (Å²) in [5, 5.41) is 8.89. The van der Waals surface area contributed by atoms with E-state index in [0.717, 1.165) is 11.6 Å². The van der Waals surface area contributed by atoms with Gasteiger partial charge in [-0.25, -0.2) is 4.79 Å². The lowest BCUT2D eigenvalue weighted by Crippen LogP contribution is -2.46. The van der Waals surface area contributed by atoms with E-state index >= 15 is 0 Å². The summed E-state index contributed by atoms with van der Waals surface area (Å²) >= 11 is 0. The number of benzene rings is 2. The number of aromatic nitrogens is 5. The summed E-state index contributed by atoms with van der Waals surface area (Å²) in [5.41, 5.74) is 2.75. The zero-order valence-corrected chi connectivity index (χ0v) is 30.2. The Bertz CT molecular complexity index is 1900. The van der Waals surface area contributed by atoms with Crippen LogP contribution >= 0.6 is 0 Å². The molecule has 2 aliphatic heterocycles. The van der Waals surface area contributed by atoms with Crippen LogP contribution in [0.15, 0.2) is 48.5 Å². The number of carbonyl (C=O) groups is 3. The quantitative estimate of drug-likeness (QED) is 0.179. The van der Waals surface area contributed by atoms with Crippen LogP contribution in [0.25, 0.3) is 28.0 Å². The van der Waals surface area contributed by atoms with Crippen LogP contribution in [0.1, 0.15) is 45.1 Å². The van der Waals surface area contributed by atoms with E-state index in [1.807, 2.05) is 68.5 Å². The lowest BCUT2D eigenvalue weighted by atomic mass is 9.91. The zero-order valence-electron chi connectivity index (χ0n) is 29.2. The van der Waals surface area contributed by atoms with Gasteiger partial charge in [-0.15, -0.1) is 5.10 Å². The molecule has 4 heterocycles. The molecule has 1 saturated heterocycles. The van der Waals surface area contributed by atoms with E-state index in [2.05, 4.69) is 39.9 Å². The molecule has 1 amide bonds. The van der Waals surface area contributed by atoms with Crippen LogP contribution in [-0.2, 0) is 23.9 Å². The molecule has 1 fully saturated rings. The second-order valence-corrected chi connectivity index (χ2v) is 20.0. The average Bonchev–Trinajstić information content (AvgIpc) is 3.68. The molecule has 0 N–H and O–H groups in total. The van der Waals surface area contributed by atoms with Gasteiger partial charge in [-0.2, -0.15) is 9.97 Å². The molecule has 0 unspecified atom stereocenters. The maximum Gasteiger partial charge on any atom is 0.349 e. The monoisotopic (exact) mass is 700 g/mol. The minimum absolute atomic E-state index is 0.0137. The van der Waals surface area contributed by atoms with Crippen molar-refractivity contribution in [1.29, 1.82) is 0 Å². The highest BCUT2D eigenvalue weighted by atomic mass is 28.3. The van der Waals surface area contributed by atoms with Gasteiger partial charge in [0, 0.05) is 14.5 Å². The Morgan fingerprint density at radius 1 is 1.08 bits per heavy atom. The van der Waals surface area contributed by atoms with Gasteiger partial charge < -0.3 is 23.9 Å². The number of carbonyl (C=O) groups excluding carboxylic acids is 3. The molecule has 0 radical (unpaired) electrons. The molecule has 13 nitrogen and oxygen atoms in total. The largest absolute Gasteiger partial charge is 0.472 e. The summed E-state index contributed by atoms with van der Waals surface area (Å²) < 4.78 is 17.9. The van der Waals surface area contributed by atoms with Gasteiger partial charge in [0.15, 0.2) is 0 Å². The molecule has 264 valence electrons. The Hall–Kier alpha value is -4.85. The third-order valence-corrected chi connectivity index (χ3v) is 10.6. The number of hydrogen-bond acceptors (Lipinski definition) is 11. The lowest BCUT2D eigenvalue weighted by Gasteiger charge is -2.29. The van der Waals surface area contributed by atoms with Gasteiger partial charge in [-0.1, -0.05) is 68.7 Å². The first-order valence-electron chi connectivity index (χ1n) is 17.2. The minimum Gasteiger partial charge on any atom is -0.472 e. The summed E-state index contributed by atoms with van der Waals surface area (Å²) in [5.74, 6) is -1.86. The molecule has 3 atom stereocenters. The molecule has 0 aliphatic carbocycles. The fourth-order valence-corrected chi connectivity index (χ4v) is 6.77. The van der Waals surface area contributed by atoms with Gasteiger partial charge in [-0.3, -0.25) is 9.59 Å². The first kappa shape index (κ1) is 35.0. The number of ether oxygens (including phenoxy) is 3. The molecule has 2 aromatic carbocycles. The van der Waals surface area contributed by atoms with E-state index in [1.54, 1.807) is 0 Å². The first-order chi connectivity index (χ1) is 23.9. The highest BCUT2D eigenvalue weighted by Crippen LogP contribution is 2.33. The fourth-order valence-electron chi connectivity index (χ4n) is 6.05. The predicted molar refractivity (Wildman–Crippen MR) is 189 cm³/mol. The van der Waals surface area contributed by atoms with E-state index in [9.17, 15) is 14.4 Å². The van der Waals surface area contributed by atoms with E-state index < -0.39 is 38.1 Å². The maximum absolute atomic E-state index is 14.2. The second kappa shape index (κ2) is 14.9. The minimum atomic E-state index is -1.48. The van der Waals surface area contributed by atoms with Crippen LogP contribution in [0.3, 0.4) is 0 Å². The van der Waals surface area contributed by atoms with Crippen molar-refractivity contribution in [2.75, 3.05) is 19.8 Å². The number of esters is 2. The molecule has 0 saturated carbocycles. The predicted octanol–water partition coefficient (Wildman–Crippen LogP) is 5.46. The zero-order chi connectivity index (χ0) is 35.4. The fraction of sp³-hybridized carbons (Fsp3) is 0.472. The molecule has 50 heavy (non-hydrogen) atoms. The third-order valence-electron chi connectivity index (χ3n) is 8.94. The molecule has 2 aliphatic rings. The number of para-hydroxylation sites is 1. The van der Waals surface area contributed by atoms with Crippen molar-refractivity contribution in [1.82, 2.24) is 30.0 Å². The van der Waals surface area contributed by atoms with Gasteiger partial charge in [0.05, 0.1) is 43.0 Å². The van der Waals surface area contributed by atoms with Crippen LogP contribution in [0.2, 0.25) is 25.7 Å². The molecule has 14 heteroatoms. The second-order valence-electron chi connectivity index (χ2n) is 14.4. The topological polar surface area (TPSA) is 148 Å². The van der Waals surface area contributed by atoms with Gasteiger partial charge in [0.1, 0.15) is 23.2 Å². The SMILES string of the molecule is CC(C)[C@@H]1CC(=O)OCCC/C=C/c2ccc3nc(On4nnc5ccccc54)nc(c3c2)O[C@@H]2C[C@@H](C(=O)OCC[Si](C)(C)C)N(C2)C1=O. The van der Waals surface area contributed by atoms with Crippen molar-refractivity contribution in [3.8, 4) is 11.9 Å². The number of hydrogen-bond donors (Lipinski definition) is 0. The Morgan fingerprint density at radius 3 is 2.70 bits per heavy atom. The van der Waals surface area contributed by atoms with E-state index in [4.69, 9.17) is 19.0 Å². The van der Waals surface area contributed by atoms with Crippen molar-refractivity contribution in [3.63, 3.8) is 0 Å². The Balaban J connectivity index is 1.37. The summed E-state index contributed by atoms with van der Waals surface area (Å²) in [6.45, 7) is 11.0. The van der Waals surface area contributed by atoms with Crippen molar-refractivity contribution in [2.45, 2.75) is 77.4 Å². The molecule has 4 bridgehead atoms. The Labute approximate surface area is 291 Å². The third kappa shape index (κ3) is 8.29. The van der Waals surface area contributed by atoms with Crippen LogP contribution in [-0.4, -0.2) is 87.8 Å². The normalized spacial score (nSPS) is 21.2. The Morgan fingerprint density at radius 2 is 1.90 bits per heavy atom. The molecular weight excluding hydrogens is 657 g/mol. The van der Waals surface area contributed by atoms with Crippen molar-refractivity contribution in [2.24, 2.45) is 11.8 Å². The number of cyclic esters (lactones) is 1. The van der Waals surface area contributed by atoms with Crippen LogP contribution in [0.5, 0.6) is 11.9 Å². The summed E-state index contributed by atoms with van der Waals surface area (Å²) in [6, 6.07) is 13.0. The molecule has 0 spiro atoms. The van der Waals surface area contributed by atoms with Crippen LogP contribution in [0, 0.1) is 11.8 Å². The lowest BCUT2D eigenvalue weighted by molar-refractivity contribution is -0.156. The van der Waals surface area contributed by atoms with Gasteiger partial charge in [-0.05, 0) is 59.8 Å². The highest BCUT2D eigenvalue weighted by Gasteiger charge is 2.45. The van der Waals surface area contributed by atoms with Crippen molar-refractivity contribution in [3.05, 3.63) is 54.1 Å². The molecule has 2 aromatic heterocycles. The number of fused-ring (bicyclic) bond motifs is 4. The van der Waals surface area contributed by atoms with E-state index in [1.165, 1.54) is 9.75 Å². The molecule has 6 rings (SSSR count). The average molecular weight is 701 g/mol. The molecule has 4 aromatic rings. The standard InChI is InChI=1S/C36H44N6O7Si/c1-23(2)26-21-32(43)46-16-10-6-7-11-24-14-15-28-27(19-24)33(38-36(37-28)49-42-30-13-9-8-12-29(30)39-40-42)48-25-20-31(41(22-25)34(26)44)35(45)47-17-18-50(3,4)5/h7-9,11-15,19,23,25-26,31H,6,10,16-18,20-22H2,1-5H3/b11-7+/t25-,26+,31+/m1/s1. The smallest absolute Gasteiger partial charge is 0.349 e. The van der Waals surface area contributed by atoms with Crippen molar-refractivity contribution >= 4 is 53.9 Å².